The van der Waals surface area contributed by atoms with Crippen molar-refractivity contribution in [2.24, 2.45) is 0 Å². The first-order valence-electron chi connectivity index (χ1n) is 3.64. The summed E-state index contributed by atoms with van der Waals surface area (Å²) in [5.74, 6) is -1.56. The lowest BCUT2D eigenvalue weighted by atomic mass is 10.1. The summed E-state index contributed by atoms with van der Waals surface area (Å²) in [6, 6.07) is 2.77. The predicted molar refractivity (Wildman–Crippen MR) is 49.9 cm³/mol. The Morgan fingerprint density at radius 1 is 1.54 bits per heavy atom. The van der Waals surface area contributed by atoms with Crippen molar-refractivity contribution in [2.75, 3.05) is 6.26 Å². The first-order chi connectivity index (χ1) is 6.07. The number of carboxylic acids is 1. The fourth-order valence-corrected chi connectivity index (χ4v) is 1.75. The van der Waals surface area contributed by atoms with Gasteiger partial charge in [0.05, 0.1) is 5.56 Å². The van der Waals surface area contributed by atoms with Crippen LogP contribution >= 0.6 is 11.8 Å². The molecule has 0 saturated heterocycles. The molecule has 0 aromatic heterocycles. The van der Waals surface area contributed by atoms with Gasteiger partial charge in [0.2, 0.25) is 0 Å². The van der Waals surface area contributed by atoms with Crippen LogP contribution in [0.5, 0.6) is 0 Å². The summed E-state index contributed by atoms with van der Waals surface area (Å²) < 4.78 is 13.0. The largest absolute Gasteiger partial charge is 0.478 e. The van der Waals surface area contributed by atoms with Gasteiger partial charge in [0.1, 0.15) is 5.82 Å². The molecule has 2 nitrogen and oxygen atoms in total. The highest BCUT2D eigenvalue weighted by Crippen LogP contribution is 2.24. The molecule has 0 atom stereocenters. The number of benzene rings is 1. The molecule has 0 radical (unpaired) electrons. The molecule has 1 N–H and O–H groups in total. The predicted octanol–water partition coefficient (Wildman–Crippen LogP) is 2.55. The first-order valence-corrected chi connectivity index (χ1v) is 4.86. The van der Waals surface area contributed by atoms with Gasteiger partial charge < -0.3 is 5.11 Å². The van der Waals surface area contributed by atoms with Crippen molar-refractivity contribution in [1.29, 1.82) is 0 Å². The van der Waals surface area contributed by atoms with Crippen molar-refractivity contribution in [3.8, 4) is 0 Å². The quantitative estimate of drug-likeness (QED) is 0.745. The topological polar surface area (TPSA) is 37.3 Å². The number of hydrogen-bond donors (Lipinski definition) is 1. The summed E-state index contributed by atoms with van der Waals surface area (Å²) >= 11 is 1.30. The molecular formula is C9H9FO2S. The Morgan fingerprint density at radius 3 is 2.62 bits per heavy atom. The lowest BCUT2D eigenvalue weighted by Gasteiger charge is -2.06. The third-order valence-corrected chi connectivity index (χ3v) is 2.57. The van der Waals surface area contributed by atoms with Crippen LogP contribution in [0.2, 0.25) is 0 Å². The van der Waals surface area contributed by atoms with Gasteiger partial charge in [0.15, 0.2) is 0 Å². The average Bonchev–Trinajstić information content (AvgIpc) is 2.08. The molecule has 0 fully saturated rings. The SMILES string of the molecule is CSc1ccc(F)c(C)c1C(=O)O. The van der Waals surface area contributed by atoms with E-state index in [1.54, 1.807) is 6.26 Å². The molecule has 0 heterocycles. The van der Waals surface area contributed by atoms with Crippen molar-refractivity contribution in [1.82, 2.24) is 0 Å². The molecule has 13 heavy (non-hydrogen) atoms. The number of thioether (sulfide) groups is 1. The second-order valence-electron chi connectivity index (χ2n) is 2.55. The molecule has 0 spiro atoms. The Labute approximate surface area is 79.8 Å². The summed E-state index contributed by atoms with van der Waals surface area (Å²) in [4.78, 5) is 11.4. The van der Waals surface area contributed by atoms with Crippen molar-refractivity contribution in [3.63, 3.8) is 0 Å². The van der Waals surface area contributed by atoms with E-state index in [-0.39, 0.29) is 11.1 Å². The second kappa shape index (κ2) is 3.79. The third kappa shape index (κ3) is 1.83. The van der Waals surface area contributed by atoms with E-state index in [0.29, 0.717) is 4.90 Å². The van der Waals surface area contributed by atoms with Gasteiger partial charge >= 0.3 is 5.97 Å². The minimum atomic E-state index is -1.08. The maximum Gasteiger partial charge on any atom is 0.337 e. The summed E-state index contributed by atoms with van der Waals surface area (Å²) in [6.07, 6.45) is 1.76. The zero-order valence-corrected chi connectivity index (χ0v) is 8.11. The van der Waals surface area contributed by atoms with Crippen LogP contribution in [0, 0.1) is 12.7 Å². The maximum atomic E-state index is 13.0. The molecule has 1 rings (SSSR count). The molecule has 0 aliphatic rings. The molecule has 4 heteroatoms. The van der Waals surface area contributed by atoms with Crippen LogP contribution in [-0.4, -0.2) is 17.3 Å². The maximum absolute atomic E-state index is 13.0. The van der Waals surface area contributed by atoms with Crippen LogP contribution in [-0.2, 0) is 0 Å². The molecule has 0 saturated carbocycles. The van der Waals surface area contributed by atoms with Crippen LogP contribution in [0.4, 0.5) is 4.39 Å². The Bertz CT molecular complexity index is 350. The van der Waals surface area contributed by atoms with Crippen molar-refractivity contribution in [3.05, 3.63) is 29.1 Å². The standard InChI is InChI=1S/C9H9FO2S/c1-5-6(10)3-4-7(13-2)8(5)9(11)12/h3-4H,1-2H3,(H,11,12). The summed E-state index contributed by atoms with van der Waals surface area (Å²) in [5, 5.41) is 8.82. The minimum Gasteiger partial charge on any atom is -0.478 e. The van der Waals surface area contributed by atoms with E-state index in [1.807, 2.05) is 0 Å². The van der Waals surface area contributed by atoms with E-state index in [0.717, 1.165) is 0 Å². The van der Waals surface area contributed by atoms with Gasteiger partial charge in [-0.2, -0.15) is 0 Å². The van der Waals surface area contributed by atoms with Gasteiger partial charge in [0, 0.05) is 10.5 Å². The highest BCUT2D eigenvalue weighted by Gasteiger charge is 2.15. The fraction of sp³-hybridized carbons (Fsp3) is 0.222. The highest BCUT2D eigenvalue weighted by molar-refractivity contribution is 7.98. The third-order valence-electron chi connectivity index (χ3n) is 1.79. The monoisotopic (exact) mass is 200 g/mol. The zero-order valence-electron chi connectivity index (χ0n) is 7.30. The van der Waals surface area contributed by atoms with Gasteiger partial charge in [-0.05, 0) is 25.3 Å². The van der Waals surface area contributed by atoms with Crippen LogP contribution < -0.4 is 0 Å². The lowest BCUT2D eigenvalue weighted by molar-refractivity contribution is 0.0691. The molecule has 0 unspecified atom stereocenters. The van der Waals surface area contributed by atoms with Crippen molar-refractivity contribution >= 4 is 17.7 Å². The number of aromatic carboxylic acids is 1. The normalized spacial score (nSPS) is 10.1. The Balaban J connectivity index is 3.41. The van der Waals surface area contributed by atoms with Crippen LogP contribution in [0.3, 0.4) is 0 Å². The lowest BCUT2D eigenvalue weighted by Crippen LogP contribution is -2.03. The van der Waals surface area contributed by atoms with Crippen LogP contribution in [0.25, 0.3) is 0 Å². The molecular weight excluding hydrogens is 191 g/mol. The molecule has 1 aromatic carbocycles. The van der Waals surface area contributed by atoms with E-state index in [2.05, 4.69) is 0 Å². The van der Waals surface area contributed by atoms with Gasteiger partial charge in [-0.3, -0.25) is 0 Å². The molecule has 1 aromatic rings. The summed E-state index contributed by atoms with van der Waals surface area (Å²) in [7, 11) is 0. The van der Waals surface area contributed by atoms with Crippen molar-refractivity contribution < 1.29 is 14.3 Å². The Kier molecular flexibility index (Phi) is 2.93. The van der Waals surface area contributed by atoms with E-state index in [1.165, 1.54) is 30.8 Å². The molecule has 0 bridgehead atoms. The summed E-state index contributed by atoms with van der Waals surface area (Å²) in [6.45, 7) is 1.47. The van der Waals surface area contributed by atoms with Gasteiger partial charge in [-0.1, -0.05) is 0 Å². The van der Waals surface area contributed by atoms with Crippen molar-refractivity contribution in [2.45, 2.75) is 11.8 Å². The highest BCUT2D eigenvalue weighted by atomic mass is 32.2. The number of rotatable bonds is 2. The number of hydrogen-bond acceptors (Lipinski definition) is 2. The van der Waals surface area contributed by atoms with E-state index >= 15 is 0 Å². The Hall–Kier alpha value is -1.03. The van der Waals surface area contributed by atoms with Gasteiger partial charge in [0.25, 0.3) is 0 Å². The van der Waals surface area contributed by atoms with Crippen LogP contribution in [0.1, 0.15) is 15.9 Å². The summed E-state index contributed by atoms with van der Waals surface area (Å²) in [5.41, 5.74) is 0.256. The Morgan fingerprint density at radius 2 is 2.15 bits per heavy atom. The molecule has 0 aliphatic carbocycles. The second-order valence-corrected chi connectivity index (χ2v) is 3.40. The number of halogens is 1. The minimum absolute atomic E-state index is 0.0625. The number of carboxylic acid groups (broad SMARTS) is 1. The van der Waals surface area contributed by atoms with Gasteiger partial charge in [-0.25, -0.2) is 9.18 Å². The smallest absolute Gasteiger partial charge is 0.337 e. The van der Waals surface area contributed by atoms with Gasteiger partial charge in [-0.15, -0.1) is 11.8 Å². The number of carbonyl (C=O) groups is 1. The van der Waals surface area contributed by atoms with E-state index < -0.39 is 11.8 Å². The van der Waals surface area contributed by atoms with Crippen LogP contribution in [0.15, 0.2) is 17.0 Å². The molecule has 0 aliphatic heterocycles. The van der Waals surface area contributed by atoms with E-state index in [4.69, 9.17) is 5.11 Å². The first kappa shape index (κ1) is 10.1. The molecule has 70 valence electrons. The average molecular weight is 200 g/mol. The van der Waals surface area contributed by atoms with E-state index in [9.17, 15) is 9.18 Å². The zero-order chi connectivity index (χ0) is 10.0. The fourth-order valence-electron chi connectivity index (χ4n) is 1.10. The molecule has 0 amide bonds.